The highest BCUT2D eigenvalue weighted by Crippen LogP contribution is 2.28. The Kier molecular flexibility index (Phi) is 6.57. The van der Waals surface area contributed by atoms with Gasteiger partial charge in [-0.3, -0.25) is 9.78 Å². The highest BCUT2D eigenvalue weighted by Gasteiger charge is 2.27. The summed E-state index contributed by atoms with van der Waals surface area (Å²) in [5.74, 6) is 2.34. The second kappa shape index (κ2) is 10.1. The van der Waals surface area contributed by atoms with E-state index >= 15 is 0 Å². The molecule has 0 saturated carbocycles. The minimum Gasteiger partial charge on any atom is -0.437 e. The summed E-state index contributed by atoms with van der Waals surface area (Å²) in [5, 5.41) is 0. The molecule has 0 unspecified atom stereocenters. The Labute approximate surface area is 205 Å². The third-order valence-electron chi connectivity index (χ3n) is 6.42. The molecule has 4 aromatic rings. The van der Waals surface area contributed by atoms with E-state index in [9.17, 15) is 4.79 Å². The van der Waals surface area contributed by atoms with E-state index in [1.807, 2.05) is 73.5 Å². The lowest BCUT2D eigenvalue weighted by Crippen LogP contribution is -2.39. The second-order valence-corrected chi connectivity index (χ2v) is 9.09. The van der Waals surface area contributed by atoms with Crippen LogP contribution in [0.15, 0.2) is 73.3 Å². The summed E-state index contributed by atoms with van der Waals surface area (Å²) < 4.78 is 8.01. The van der Waals surface area contributed by atoms with Crippen molar-refractivity contribution in [1.82, 2.24) is 24.4 Å². The van der Waals surface area contributed by atoms with Gasteiger partial charge in [0.2, 0.25) is 5.88 Å². The number of hydrogen-bond acceptors (Lipinski definition) is 5. The van der Waals surface area contributed by atoms with E-state index in [1.165, 1.54) is 0 Å². The van der Waals surface area contributed by atoms with Crippen LogP contribution in [0.3, 0.4) is 0 Å². The van der Waals surface area contributed by atoms with Crippen LogP contribution < -0.4 is 4.74 Å². The monoisotopic (exact) mass is 467 g/mol. The summed E-state index contributed by atoms with van der Waals surface area (Å²) in [4.78, 5) is 28.7. The normalized spacial score (nSPS) is 15.7. The van der Waals surface area contributed by atoms with Crippen molar-refractivity contribution < 1.29 is 9.53 Å². The minimum atomic E-state index is 0.0547. The van der Waals surface area contributed by atoms with Gasteiger partial charge in [-0.25, -0.2) is 9.97 Å². The average molecular weight is 468 g/mol. The first-order chi connectivity index (χ1) is 17.0. The molecule has 1 aliphatic heterocycles. The number of benzene rings is 2. The van der Waals surface area contributed by atoms with Crippen LogP contribution in [0.2, 0.25) is 0 Å². The Morgan fingerprint density at radius 1 is 1.11 bits per heavy atom. The lowest BCUT2D eigenvalue weighted by Gasteiger charge is -2.32. The number of aryl methyl sites for hydroxylation is 2. The molecule has 2 aromatic heterocycles. The van der Waals surface area contributed by atoms with E-state index in [1.54, 1.807) is 18.6 Å². The maximum absolute atomic E-state index is 13.4. The van der Waals surface area contributed by atoms with Gasteiger partial charge in [0.05, 0.1) is 11.9 Å². The van der Waals surface area contributed by atoms with Crippen molar-refractivity contribution in [3.8, 4) is 11.6 Å². The van der Waals surface area contributed by atoms with Crippen LogP contribution in [0.5, 0.6) is 11.6 Å². The maximum atomic E-state index is 13.4. The lowest BCUT2D eigenvalue weighted by atomic mass is 9.94. The summed E-state index contributed by atoms with van der Waals surface area (Å²) in [5.41, 5.74) is 3.77. The molecule has 1 fully saturated rings. The van der Waals surface area contributed by atoms with Crippen LogP contribution in [0.1, 0.15) is 51.8 Å². The second-order valence-electron chi connectivity index (χ2n) is 9.09. The van der Waals surface area contributed by atoms with E-state index in [4.69, 9.17) is 9.72 Å². The first-order valence-electron chi connectivity index (χ1n) is 12.0. The highest BCUT2D eigenvalue weighted by molar-refractivity contribution is 5.94. The van der Waals surface area contributed by atoms with Gasteiger partial charge in [0.25, 0.3) is 5.91 Å². The van der Waals surface area contributed by atoms with Crippen molar-refractivity contribution in [2.75, 3.05) is 13.1 Å². The maximum Gasteiger partial charge on any atom is 0.253 e. The molecule has 5 rings (SSSR count). The Morgan fingerprint density at radius 3 is 2.83 bits per heavy atom. The third kappa shape index (κ3) is 5.40. The fraction of sp³-hybridized carbons (Fsp3) is 0.286. The molecule has 3 heterocycles. The first kappa shape index (κ1) is 22.8. The van der Waals surface area contributed by atoms with Crippen LogP contribution in [-0.4, -0.2) is 43.4 Å². The van der Waals surface area contributed by atoms with E-state index in [0.717, 1.165) is 47.8 Å². The predicted octanol–water partition coefficient (Wildman–Crippen LogP) is 5.15. The molecule has 0 bridgehead atoms. The molecule has 35 heavy (non-hydrogen) atoms. The molecule has 1 atom stereocenters. The topological polar surface area (TPSA) is 73.1 Å². The SMILES string of the molecule is Cc1cccc(Oc2cncc([C@@H]3CCCN(C(=O)c4cccc(Cn5ccnc5C)c4)C3)n2)c1. The number of amides is 1. The zero-order chi connectivity index (χ0) is 24.2. The van der Waals surface area contributed by atoms with Crippen LogP contribution in [-0.2, 0) is 6.54 Å². The third-order valence-corrected chi connectivity index (χ3v) is 6.42. The Hall–Kier alpha value is -4.00. The van der Waals surface area contributed by atoms with Crippen molar-refractivity contribution in [2.24, 2.45) is 0 Å². The molecule has 0 N–H and O–H groups in total. The molecule has 1 aliphatic rings. The number of imidazole rings is 1. The molecule has 2 aromatic carbocycles. The summed E-state index contributed by atoms with van der Waals surface area (Å²) in [6.07, 6.45) is 9.06. The van der Waals surface area contributed by atoms with Crippen LogP contribution in [0.4, 0.5) is 0 Å². The zero-order valence-corrected chi connectivity index (χ0v) is 20.1. The fourth-order valence-electron chi connectivity index (χ4n) is 4.56. The number of ether oxygens (including phenoxy) is 1. The highest BCUT2D eigenvalue weighted by atomic mass is 16.5. The average Bonchev–Trinajstić information content (AvgIpc) is 3.28. The number of carbonyl (C=O) groups is 1. The number of rotatable bonds is 6. The number of piperidine rings is 1. The molecule has 1 saturated heterocycles. The molecule has 0 aliphatic carbocycles. The molecule has 7 nitrogen and oxygen atoms in total. The van der Waals surface area contributed by atoms with Gasteiger partial charge in [0.15, 0.2) is 0 Å². The number of nitrogens with zero attached hydrogens (tertiary/aromatic N) is 5. The van der Waals surface area contributed by atoms with Gasteiger partial charge in [0.1, 0.15) is 11.6 Å². The van der Waals surface area contributed by atoms with Gasteiger partial charge >= 0.3 is 0 Å². The van der Waals surface area contributed by atoms with Crippen LogP contribution in [0.25, 0.3) is 0 Å². The minimum absolute atomic E-state index is 0.0547. The standard InChI is InChI=1S/C28H29N5O2/c1-20-6-3-10-25(14-20)35-27-17-29-16-26(31-27)24-9-5-12-33(19-24)28(34)23-8-4-7-22(15-23)18-32-13-11-30-21(32)2/h3-4,6-8,10-11,13-17,24H,5,9,12,18-19H2,1-2H3/t24-/m1/s1. The lowest BCUT2D eigenvalue weighted by molar-refractivity contribution is 0.0705. The van der Waals surface area contributed by atoms with Gasteiger partial charge < -0.3 is 14.2 Å². The fourth-order valence-corrected chi connectivity index (χ4v) is 4.56. The van der Waals surface area contributed by atoms with E-state index < -0.39 is 0 Å². The largest absolute Gasteiger partial charge is 0.437 e. The van der Waals surface area contributed by atoms with Crippen molar-refractivity contribution in [1.29, 1.82) is 0 Å². The molecule has 7 heteroatoms. The molecule has 0 spiro atoms. The van der Waals surface area contributed by atoms with Gasteiger partial charge in [-0.2, -0.15) is 0 Å². The Morgan fingerprint density at radius 2 is 2.00 bits per heavy atom. The summed E-state index contributed by atoms with van der Waals surface area (Å²) in [6.45, 7) is 6.06. The van der Waals surface area contributed by atoms with E-state index in [2.05, 4.69) is 14.5 Å². The van der Waals surface area contributed by atoms with Crippen molar-refractivity contribution in [3.05, 3.63) is 102 Å². The van der Waals surface area contributed by atoms with Gasteiger partial charge in [-0.15, -0.1) is 0 Å². The van der Waals surface area contributed by atoms with Gasteiger partial charge in [-0.05, 0) is 62.1 Å². The van der Waals surface area contributed by atoms with E-state index in [0.29, 0.717) is 24.5 Å². The molecule has 1 amide bonds. The summed E-state index contributed by atoms with van der Waals surface area (Å²) >= 11 is 0. The smallest absolute Gasteiger partial charge is 0.253 e. The number of carbonyl (C=O) groups excluding carboxylic acids is 1. The number of hydrogen-bond donors (Lipinski definition) is 0. The molecular formula is C28H29N5O2. The first-order valence-corrected chi connectivity index (χ1v) is 12.0. The van der Waals surface area contributed by atoms with Crippen LogP contribution >= 0.6 is 0 Å². The number of aromatic nitrogens is 4. The van der Waals surface area contributed by atoms with Crippen molar-refractivity contribution in [3.63, 3.8) is 0 Å². The summed E-state index contributed by atoms with van der Waals surface area (Å²) in [7, 11) is 0. The predicted molar refractivity (Wildman–Crippen MR) is 134 cm³/mol. The Bertz CT molecular complexity index is 1330. The van der Waals surface area contributed by atoms with Gasteiger partial charge in [0, 0.05) is 49.7 Å². The summed E-state index contributed by atoms with van der Waals surface area (Å²) in [6, 6.07) is 15.7. The molecule has 0 radical (unpaired) electrons. The van der Waals surface area contributed by atoms with Crippen molar-refractivity contribution in [2.45, 2.75) is 39.2 Å². The molecule has 178 valence electrons. The molecular weight excluding hydrogens is 438 g/mol. The van der Waals surface area contributed by atoms with E-state index in [-0.39, 0.29) is 11.8 Å². The number of likely N-dealkylation sites (tertiary alicyclic amines) is 1. The quantitative estimate of drug-likeness (QED) is 0.392. The van der Waals surface area contributed by atoms with Crippen LogP contribution in [0, 0.1) is 13.8 Å². The van der Waals surface area contributed by atoms with Crippen molar-refractivity contribution >= 4 is 5.91 Å². The Balaban J connectivity index is 1.28. The van der Waals surface area contributed by atoms with Gasteiger partial charge in [-0.1, -0.05) is 24.3 Å². The zero-order valence-electron chi connectivity index (χ0n) is 20.1.